The van der Waals surface area contributed by atoms with Crippen LogP contribution in [-0.4, -0.2) is 41.5 Å². The number of aromatic nitrogens is 2. The van der Waals surface area contributed by atoms with Gasteiger partial charge < -0.3 is 15.5 Å². The number of likely N-dealkylation sites (N-methyl/N-ethyl adjacent to an activating group) is 1. The Morgan fingerprint density at radius 3 is 2.76 bits per heavy atom. The molecule has 3 rings (SSSR count). The molecule has 1 aromatic carbocycles. The number of hydrogen-bond donors (Lipinski definition) is 1. The van der Waals surface area contributed by atoms with Crippen LogP contribution in [0.5, 0.6) is 0 Å². The molecule has 1 aliphatic heterocycles. The van der Waals surface area contributed by atoms with Crippen molar-refractivity contribution in [3.63, 3.8) is 0 Å². The highest BCUT2D eigenvalue weighted by Gasteiger charge is 2.29. The Balaban J connectivity index is 2.00. The molecule has 0 saturated carbocycles. The van der Waals surface area contributed by atoms with Crippen LogP contribution in [0.1, 0.15) is 11.6 Å². The topological polar surface area (TPSA) is 58.3 Å². The predicted molar refractivity (Wildman–Crippen MR) is 85.5 cm³/mol. The zero-order valence-corrected chi connectivity index (χ0v) is 12.7. The zero-order valence-electron chi connectivity index (χ0n) is 11.9. The van der Waals surface area contributed by atoms with E-state index < -0.39 is 0 Å². The van der Waals surface area contributed by atoms with E-state index in [9.17, 15) is 0 Å². The third-order valence-corrected chi connectivity index (χ3v) is 4.05. The summed E-state index contributed by atoms with van der Waals surface area (Å²) >= 11 is 6.28. The molecule has 5 nitrogen and oxygen atoms in total. The number of nitrogens with two attached hydrogens (primary N) is 1. The van der Waals surface area contributed by atoms with Gasteiger partial charge in [0.25, 0.3) is 0 Å². The first-order chi connectivity index (χ1) is 10.1. The van der Waals surface area contributed by atoms with Crippen LogP contribution in [0.15, 0.2) is 36.5 Å². The predicted octanol–water partition coefficient (Wildman–Crippen LogP) is 2.21. The highest BCUT2D eigenvalue weighted by Crippen LogP contribution is 2.33. The molecule has 21 heavy (non-hydrogen) atoms. The maximum Gasteiger partial charge on any atom is 0.222 e. The van der Waals surface area contributed by atoms with Crippen molar-refractivity contribution in [1.82, 2.24) is 14.9 Å². The van der Waals surface area contributed by atoms with Crippen molar-refractivity contribution in [2.24, 2.45) is 0 Å². The van der Waals surface area contributed by atoms with Gasteiger partial charge in [-0.05, 0) is 12.6 Å². The number of hydrogen-bond acceptors (Lipinski definition) is 5. The Hall–Kier alpha value is -1.85. The molecular weight excluding hydrogens is 286 g/mol. The van der Waals surface area contributed by atoms with Gasteiger partial charge in [-0.15, -0.1) is 0 Å². The summed E-state index contributed by atoms with van der Waals surface area (Å²) in [4.78, 5) is 12.8. The number of nitrogens with zero attached hydrogens (tertiary/aromatic N) is 4. The molecule has 1 aliphatic rings. The first-order valence-electron chi connectivity index (χ1n) is 6.93. The van der Waals surface area contributed by atoms with Crippen LogP contribution in [0.25, 0.3) is 0 Å². The molecule has 1 saturated heterocycles. The van der Waals surface area contributed by atoms with Crippen LogP contribution in [0.3, 0.4) is 0 Å². The van der Waals surface area contributed by atoms with Gasteiger partial charge in [0.15, 0.2) is 5.82 Å². The van der Waals surface area contributed by atoms with Crippen LogP contribution < -0.4 is 10.6 Å². The Morgan fingerprint density at radius 1 is 1.24 bits per heavy atom. The van der Waals surface area contributed by atoms with E-state index in [1.807, 2.05) is 6.07 Å². The summed E-state index contributed by atoms with van der Waals surface area (Å²) in [6.45, 7) is 2.74. The van der Waals surface area contributed by atoms with Crippen LogP contribution in [0, 0.1) is 0 Å². The van der Waals surface area contributed by atoms with Crippen molar-refractivity contribution >= 4 is 23.4 Å². The minimum Gasteiger partial charge on any atom is -0.368 e. The second-order valence-corrected chi connectivity index (χ2v) is 5.69. The summed E-state index contributed by atoms with van der Waals surface area (Å²) in [5.74, 6) is 0.964. The van der Waals surface area contributed by atoms with Crippen LogP contribution >= 0.6 is 11.6 Å². The van der Waals surface area contributed by atoms with E-state index >= 15 is 0 Å². The smallest absolute Gasteiger partial charge is 0.222 e. The molecular formula is C15H18ClN5. The standard InChI is InChI=1S/C15H18ClN5/c1-20-7-8-21(14-12(16)9-18-15(17)19-14)13(10-20)11-5-3-2-4-6-11/h2-6,9,13H,7-8,10H2,1H3,(H2,17,18,19). The van der Waals surface area contributed by atoms with Gasteiger partial charge in [0.1, 0.15) is 5.02 Å². The molecule has 0 amide bonds. The SMILES string of the molecule is CN1CCN(c2nc(N)ncc2Cl)C(c2ccccc2)C1. The van der Waals surface area contributed by atoms with Crippen LogP contribution in [0.4, 0.5) is 11.8 Å². The lowest BCUT2D eigenvalue weighted by atomic mass is 10.0. The van der Waals surface area contributed by atoms with Crippen molar-refractivity contribution in [2.45, 2.75) is 6.04 Å². The largest absolute Gasteiger partial charge is 0.368 e. The summed E-state index contributed by atoms with van der Waals surface area (Å²) in [5.41, 5.74) is 6.98. The number of halogens is 1. The average Bonchev–Trinajstić information content (AvgIpc) is 2.51. The maximum absolute atomic E-state index is 6.28. The third kappa shape index (κ3) is 2.94. The van der Waals surface area contributed by atoms with E-state index in [4.69, 9.17) is 17.3 Å². The quantitative estimate of drug-likeness (QED) is 0.922. The molecule has 1 aromatic heterocycles. The van der Waals surface area contributed by atoms with E-state index in [0.717, 1.165) is 19.6 Å². The summed E-state index contributed by atoms with van der Waals surface area (Å²) < 4.78 is 0. The molecule has 2 N–H and O–H groups in total. The van der Waals surface area contributed by atoms with Gasteiger partial charge in [0, 0.05) is 19.6 Å². The molecule has 0 bridgehead atoms. The molecule has 6 heteroatoms. The normalized spacial score (nSPS) is 19.7. The second kappa shape index (κ2) is 5.87. The monoisotopic (exact) mass is 303 g/mol. The first-order valence-corrected chi connectivity index (χ1v) is 7.31. The Kier molecular flexibility index (Phi) is 3.94. The van der Waals surface area contributed by atoms with Crippen molar-refractivity contribution in [2.75, 3.05) is 37.3 Å². The number of rotatable bonds is 2. The molecule has 110 valence electrons. The van der Waals surface area contributed by atoms with Gasteiger partial charge >= 0.3 is 0 Å². The lowest BCUT2D eigenvalue weighted by Gasteiger charge is -2.41. The molecule has 1 unspecified atom stereocenters. The highest BCUT2D eigenvalue weighted by molar-refractivity contribution is 6.32. The van der Waals surface area contributed by atoms with Gasteiger partial charge in [0.2, 0.25) is 5.95 Å². The fourth-order valence-corrected chi connectivity index (χ4v) is 2.91. The van der Waals surface area contributed by atoms with Crippen molar-refractivity contribution in [3.05, 3.63) is 47.1 Å². The minimum absolute atomic E-state index is 0.205. The van der Waals surface area contributed by atoms with Gasteiger partial charge in [-0.2, -0.15) is 4.98 Å². The van der Waals surface area contributed by atoms with Gasteiger partial charge in [0.05, 0.1) is 12.2 Å². The number of benzene rings is 1. The number of anilines is 2. The van der Waals surface area contributed by atoms with Crippen molar-refractivity contribution in [3.8, 4) is 0 Å². The molecule has 0 radical (unpaired) electrons. The van der Waals surface area contributed by atoms with Crippen molar-refractivity contribution in [1.29, 1.82) is 0 Å². The van der Waals surface area contributed by atoms with E-state index in [2.05, 4.69) is 51.1 Å². The molecule has 0 spiro atoms. The van der Waals surface area contributed by atoms with E-state index in [-0.39, 0.29) is 12.0 Å². The lowest BCUT2D eigenvalue weighted by molar-refractivity contribution is 0.268. The fourth-order valence-electron chi connectivity index (χ4n) is 2.71. The van der Waals surface area contributed by atoms with E-state index in [1.165, 1.54) is 5.56 Å². The summed E-state index contributed by atoms with van der Waals surface area (Å²) in [5, 5.41) is 0.537. The molecule has 2 aromatic rings. The fraction of sp³-hybridized carbons (Fsp3) is 0.333. The van der Waals surface area contributed by atoms with E-state index in [1.54, 1.807) is 6.20 Å². The second-order valence-electron chi connectivity index (χ2n) is 5.28. The Labute approximate surface area is 129 Å². The maximum atomic E-state index is 6.28. The lowest BCUT2D eigenvalue weighted by Crippen LogP contribution is -2.47. The molecule has 0 aliphatic carbocycles. The van der Waals surface area contributed by atoms with Crippen molar-refractivity contribution < 1.29 is 0 Å². The van der Waals surface area contributed by atoms with Gasteiger partial charge in [-0.3, -0.25) is 0 Å². The van der Waals surface area contributed by atoms with Gasteiger partial charge in [-0.25, -0.2) is 4.98 Å². The Morgan fingerprint density at radius 2 is 2.00 bits per heavy atom. The van der Waals surface area contributed by atoms with Crippen LogP contribution in [-0.2, 0) is 0 Å². The van der Waals surface area contributed by atoms with Crippen LogP contribution in [0.2, 0.25) is 5.02 Å². The average molecular weight is 304 g/mol. The zero-order chi connectivity index (χ0) is 14.8. The summed E-state index contributed by atoms with van der Waals surface area (Å²) in [7, 11) is 2.13. The summed E-state index contributed by atoms with van der Waals surface area (Å²) in [6, 6.07) is 10.6. The van der Waals surface area contributed by atoms with Gasteiger partial charge in [-0.1, -0.05) is 41.9 Å². The number of nitrogen functional groups attached to an aromatic ring is 1. The van der Waals surface area contributed by atoms with E-state index in [0.29, 0.717) is 10.8 Å². The first kappa shape index (κ1) is 14.1. The summed E-state index contributed by atoms with van der Waals surface area (Å²) in [6.07, 6.45) is 1.57. The highest BCUT2D eigenvalue weighted by atomic mass is 35.5. The molecule has 1 fully saturated rings. The Bertz CT molecular complexity index is 619. The molecule has 1 atom stereocenters. The number of piperazine rings is 1. The molecule has 2 heterocycles. The minimum atomic E-state index is 0.205. The third-order valence-electron chi connectivity index (χ3n) is 3.78.